The van der Waals surface area contributed by atoms with Crippen molar-refractivity contribution in [2.75, 3.05) is 24.6 Å². The Kier molecular flexibility index (Phi) is 3.11. The normalized spacial score (nSPS) is 19.9. The second kappa shape index (κ2) is 4.53. The Morgan fingerprint density at radius 1 is 1.40 bits per heavy atom. The van der Waals surface area contributed by atoms with E-state index < -0.39 is 0 Å². The molecule has 0 bridgehead atoms. The van der Waals surface area contributed by atoms with Crippen LogP contribution in [0.25, 0.3) is 0 Å². The first-order valence-corrected chi connectivity index (χ1v) is 5.51. The van der Waals surface area contributed by atoms with Crippen molar-refractivity contribution in [1.29, 1.82) is 0 Å². The van der Waals surface area contributed by atoms with Crippen LogP contribution in [0.2, 0.25) is 0 Å². The molecule has 2 rings (SSSR count). The lowest BCUT2D eigenvalue weighted by molar-refractivity contribution is 0.328. The molecule has 0 saturated carbocycles. The number of anilines is 1. The van der Waals surface area contributed by atoms with Gasteiger partial charge in [-0.2, -0.15) is 0 Å². The smallest absolute Gasteiger partial charge is 0.119 e. The van der Waals surface area contributed by atoms with Crippen LogP contribution in [-0.2, 0) is 0 Å². The zero-order valence-electron chi connectivity index (χ0n) is 9.15. The van der Waals surface area contributed by atoms with Crippen molar-refractivity contribution in [3.05, 3.63) is 24.3 Å². The van der Waals surface area contributed by atoms with E-state index in [1.165, 1.54) is 18.7 Å². The van der Waals surface area contributed by atoms with E-state index in [0.29, 0.717) is 19.2 Å². The molecule has 3 nitrogen and oxygen atoms in total. The van der Waals surface area contributed by atoms with Crippen LogP contribution in [0.5, 0.6) is 5.75 Å². The van der Waals surface area contributed by atoms with Crippen molar-refractivity contribution in [3.63, 3.8) is 0 Å². The number of ether oxygens (including phenoxy) is 1. The average Bonchev–Trinajstić information content (AvgIpc) is 2.26. The van der Waals surface area contributed by atoms with Crippen molar-refractivity contribution in [3.8, 4) is 5.75 Å². The Morgan fingerprint density at radius 3 is 2.60 bits per heavy atom. The molecule has 0 aliphatic carbocycles. The second-order valence-corrected chi connectivity index (χ2v) is 3.96. The summed E-state index contributed by atoms with van der Waals surface area (Å²) in [5, 5.41) is 0. The predicted octanol–water partition coefficient (Wildman–Crippen LogP) is 1.62. The van der Waals surface area contributed by atoms with Crippen LogP contribution in [0.1, 0.15) is 13.3 Å². The maximum atomic E-state index is 5.42. The lowest BCUT2D eigenvalue weighted by Gasteiger charge is -2.40. The molecule has 1 fully saturated rings. The monoisotopic (exact) mass is 206 g/mol. The van der Waals surface area contributed by atoms with Crippen molar-refractivity contribution in [1.82, 2.24) is 0 Å². The first-order chi connectivity index (χ1) is 7.31. The van der Waals surface area contributed by atoms with Gasteiger partial charge in [0, 0.05) is 24.8 Å². The maximum Gasteiger partial charge on any atom is 0.119 e. The van der Waals surface area contributed by atoms with Crippen molar-refractivity contribution in [2.24, 2.45) is 5.73 Å². The van der Waals surface area contributed by atoms with Gasteiger partial charge in [0.1, 0.15) is 12.4 Å². The fraction of sp³-hybridized carbons (Fsp3) is 0.500. The summed E-state index contributed by atoms with van der Waals surface area (Å²) in [5.41, 5.74) is 6.66. The Morgan fingerprint density at radius 2 is 2.13 bits per heavy atom. The Hall–Kier alpha value is -1.22. The zero-order valence-corrected chi connectivity index (χ0v) is 9.15. The van der Waals surface area contributed by atoms with Gasteiger partial charge in [-0.1, -0.05) is 0 Å². The lowest BCUT2D eigenvalue weighted by Crippen LogP contribution is -2.45. The number of hydrogen-bond donors (Lipinski definition) is 1. The standard InChI is InChI=1S/C12H18N2O/c1-10-6-8-14(10)11-2-4-12(5-3-11)15-9-7-13/h2-5,10H,6-9,13H2,1H3. The van der Waals surface area contributed by atoms with Gasteiger partial charge in [-0.05, 0) is 37.6 Å². The molecular weight excluding hydrogens is 188 g/mol. The highest BCUT2D eigenvalue weighted by atomic mass is 16.5. The minimum absolute atomic E-state index is 0.560. The summed E-state index contributed by atoms with van der Waals surface area (Å²) >= 11 is 0. The van der Waals surface area contributed by atoms with E-state index >= 15 is 0 Å². The molecule has 1 heterocycles. The summed E-state index contributed by atoms with van der Waals surface area (Å²) in [7, 11) is 0. The van der Waals surface area contributed by atoms with Crippen molar-refractivity contribution >= 4 is 5.69 Å². The second-order valence-electron chi connectivity index (χ2n) is 3.96. The fourth-order valence-electron chi connectivity index (χ4n) is 1.81. The Labute approximate surface area is 90.8 Å². The van der Waals surface area contributed by atoms with Crippen molar-refractivity contribution in [2.45, 2.75) is 19.4 Å². The highest BCUT2D eigenvalue weighted by molar-refractivity contribution is 5.51. The van der Waals surface area contributed by atoms with Crippen LogP contribution in [0, 0.1) is 0 Å². The quantitative estimate of drug-likeness (QED) is 0.813. The molecule has 1 saturated heterocycles. The molecule has 0 radical (unpaired) electrons. The fourth-order valence-corrected chi connectivity index (χ4v) is 1.81. The van der Waals surface area contributed by atoms with E-state index in [1.54, 1.807) is 0 Å². The average molecular weight is 206 g/mol. The molecule has 1 unspecified atom stereocenters. The summed E-state index contributed by atoms with van der Waals surface area (Å²) in [6.07, 6.45) is 1.30. The summed E-state index contributed by atoms with van der Waals surface area (Å²) in [6, 6.07) is 8.93. The molecule has 82 valence electrons. The molecule has 1 aliphatic rings. The topological polar surface area (TPSA) is 38.5 Å². The number of hydrogen-bond acceptors (Lipinski definition) is 3. The first-order valence-electron chi connectivity index (χ1n) is 5.51. The van der Waals surface area contributed by atoms with E-state index in [2.05, 4.69) is 24.0 Å². The van der Waals surface area contributed by atoms with Gasteiger partial charge in [-0.15, -0.1) is 0 Å². The van der Waals surface area contributed by atoms with Gasteiger partial charge in [0.2, 0.25) is 0 Å². The largest absolute Gasteiger partial charge is 0.492 e. The third-order valence-corrected chi connectivity index (χ3v) is 2.87. The molecular formula is C12H18N2O. The zero-order chi connectivity index (χ0) is 10.7. The maximum absolute atomic E-state index is 5.42. The van der Waals surface area contributed by atoms with E-state index in [-0.39, 0.29) is 0 Å². The molecule has 1 atom stereocenters. The molecule has 0 amide bonds. The molecule has 0 spiro atoms. The SMILES string of the molecule is CC1CCN1c1ccc(OCCN)cc1. The summed E-state index contributed by atoms with van der Waals surface area (Å²) < 4.78 is 5.42. The van der Waals surface area contributed by atoms with Crippen LogP contribution < -0.4 is 15.4 Å². The van der Waals surface area contributed by atoms with Gasteiger partial charge in [0.05, 0.1) is 0 Å². The number of nitrogens with two attached hydrogens (primary N) is 1. The third kappa shape index (κ3) is 2.23. The van der Waals surface area contributed by atoms with E-state index in [9.17, 15) is 0 Å². The number of nitrogens with zero attached hydrogens (tertiary/aromatic N) is 1. The van der Waals surface area contributed by atoms with Crippen LogP contribution >= 0.6 is 0 Å². The predicted molar refractivity (Wildman–Crippen MR) is 62.4 cm³/mol. The number of benzene rings is 1. The van der Waals surface area contributed by atoms with E-state index in [1.807, 2.05) is 12.1 Å². The summed E-state index contributed by atoms with van der Waals surface area (Å²) in [5.74, 6) is 0.900. The minimum Gasteiger partial charge on any atom is -0.492 e. The molecule has 1 aromatic rings. The first kappa shape index (κ1) is 10.3. The lowest BCUT2D eigenvalue weighted by atomic mass is 10.0. The molecule has 1 aromatic carbocycles. The number of rotatable bonds is 4. The van der Waals surface area contributed by atoms with Crippen LogP contribution in [0.4, 0.5) is 5.69 Å². The van der Waals surface area contributed by atoms with Crippen LogP contribution in [0.3, 0.4) is 0 Å². The highest BCUT2D eigenvalue weighted by Gasteiger charge is 2.23. The van der Waals surface area contributed by atoms with Gasteiger partial charge >= 0.3 is 0 Å². The van der Waals surface area contributed by atoms with Gasteiger partial charge in [-0.25, -0.2) is 0 Å². The van der Waals surface area contributed by atoms with E-state index in [0.717, 1.165) is 5.75 Å². The van der Waals surface area contributed by atoms with Gasteiger partial charge in [0.25, 0.3) is 0 Å². The highest BCUT2D eigenvalue weighted by Crippen LogP contribution is 2.27. The molecule has 15 heavy (non-hydrogen) atoms. The Bertz CT molecular complexity index is 310. The minimum atomic E-state index is 0.560. The van der Waals surface area contributed by atoms with E-state index in [4.69, 9.17) is 10.5 Å². The van der Waals surface area contributed by atoms with Gasteiger partial charge < -0.3 is 15.4 Å². The third-order valence-electron chi connectivity index (χ3n) is 2.87. The van der Waals surface area contributed by atoms with Crippen LogP contribution in [-0.4, -0.2) is 25.7 Å². The van der Waals surface area contributed by atoms with Gasteiger partial charge in [-0.3, -0.25) is 0 Å². The summed E-state index contributed by atoms with van der Waals surface area (Å²) in [6.45, 7) is 4.57. The molecule has 1 aliphatic heterocycles. The molecule has 3 heteroatoms. The Balaban J connectivity index is 1.97. The van der Waals surface area contributed by atoms with Crippen molar-refractivity contribution < 1.29 is 4.74 Å². The van der Waals surface area contributed by atoms with Crippen LogP contribution in [0.15, 0.2) is 24.3 Å². The molecule has 2 N–H and O–H groups in total. The van der Waals surface area contributed by atoms with Gasteiger partial charge in [0.15, 0.2) is 0 Å². The summed E-state index contributed by atoms with van der Waals surface area (Å²) in [4.78, 5) is 2.40. The molecule has 0 aromatic heterocycles.